The van der Waals surface area contributed by atoms with Crippen LogP contribution in [-0.2, 0) is 4.79 Å². The zero-order valence-electron chi connectivity index (χ0n) is 12.8. The molecule has 0 saturated heterocycles. The normalized spacial score (nSPS) is 10.4. The summed E-state index contributed by atoms with van der Waals surface area (Å²) >= 11 is 5.83. The first-order valence-electron chi connectivity index (χ1n) is 7.07. The molecule has 0 bridgehead atoms. The van der Waals surface area contributed by atoms with E-state index in [4.69, 9.17) is 11.6 Å². The fraction of sp³-hybridized carbons (Fsp3) is 0.176. The Morgan fingerprint density at radius 2 is 1.57 bits per heavy atom. The summed E-state index contributed by atoms with van der Waals surface area (Å²) < 4.78 is 0. The molecule has 0 aliphatic carbocycles. The van der Waals surface area contributed by atoms with Gasteiger partial charge in [-0.3, -0.25) is 9.59 Å². The zero-order valence-corrected chi connectivity index (χ0v) is 13.5. The number of amides is 2. The Labute approximate surface area is 139 Å². The Hall–Kier alpha value is -2.53. The number of carbonyl (C=O) groups is 2. The summed E-state index contributed by atoms with van der Waals surface area (Å²) in [7, 11) is 0. The first kappa shape index (κ1) is 16.8. The SMILES string of the molecule is CC(C)C(=O)Nc1ccc(NC(=O)c2cc(Cl)ccc2O)cc1. The maximum Gasteiger partial charge on any atom is 0.259 e. The number of rotatable bonds is 4. The van der Waals surface area contributed by atoms with Crippen LogP contribution in [0, 0.1) is 5.92 Å². The molecule has 0 aliphatic heterocycles. The third-order valence-corrected chi connectivity index (χ3v) is 3.37. The Kier molecular flexibility index (Phi) is 5.24. The maximum atomic E-state index is 12.1. The van der Waals surface area contributed by atoms with Crippen LogP contribution in [0.3, 0.4) is 0 Å². The standard InChI is InChI=1S/C17H17ClN2O3/c1-10(2)16(22)19-12-4-6-13(7-5-12)20-17(23)14-9-11(18)3-8-15(14)21/h3-10,21H,1-2H3,(H,19,22)(H,20,23). The second-order valence-corrected chi connectivity index (χ2v) is 5.77. The second kappa shape index (κ2) is 7.15. The first-order chi connectivity index (χ1) is 10.9. The van der Waals surface area contributed by atoms with Crippen molar-refractivity contribution in [2.75, 3.05) is 10.6 Å². The number of phenols is 1. The number of benzene rings is 2. The molecule has 2 aromatic rings. The Bertz CT molecular complexity index is 727. The summed E-state index contributed by atoms with van der Waals surface area (Å²) in [5, 5.41) is 15.5. The van der Waals surface area contributed by atoms with Crippen LogP contribution >= 0.6 is 11.6 Å². The average molecular weight is 333 g/mol. The number of hydrogen-bond donors (Lipinski definition) is 3. The first-order valence-corrected chi connectivity index (χ1v) is 7.45. The molecule has 3 N–H and O–H groups in total. The molecule has 2 rings (SSSR count). The van der Waals surface area contributed by atoms with Gasteiger partial charge in [0.1, 0.15) is 5.75 Å². The monoisotopic (exact) mass is 332 g/mol. The van der Waals surface area contributed by atoms with Gasteiger partial charge in [-0.15, -0.1) is 0 Å². The minimum Gasteiger partial charge on any atom is -0.507 e. The van der Waals surface area contributed by atoms with Gasteiger partial charge in [0.05, 0.1) is 5.56 Å². The molecule has 0 heterocycles. The molecule has 2 aromatic carbocycles. The van der Waals surface area contributed by atoms with Crippen LogP contribution in [0.15, 0.2) is 42.5 Å². The van der Waals surface area contributed by atoms with E-state index in [1.807, 2.05) is 0 Å². The van der Waals surface area contributed by atoms with Crippen LogP contribution in [0.1, 0.15) is 24.2 Å². The lowest BCUT2D eigenvalue weighted by molar-refractivity contribution is -0.118. The maximum absolute atomic E-state index is 12.1. The number of phenolic OH excluding ortho intramolecular Hbond substituents is 1. The van der Waals surface area contributed by atoms with E-state index >= 15 is 0 Å². The number of anilines is 2. The fourth-order valence-electron chi connectivity index (χ4n) is 1.81. The summed E-state index contributed by atoms with van der Waals surface area (Å²) in [6.45, 7) is 3.61. The Balaban J connectivity index is 2.07. The highest BCUT2D eigenvalue weighted by Gasteiger charge is 2.12. The lowest BCUT2D eigenvalue weighted by atomic mass is 10.1. The summed E-state index contributed by atoms with van der Waals surface area (Å²) in [5.74, 6) is -0.803. The van der Waals surface area contributed by atoms with Crippen LogP contribution in [0.2, 0.25) is 5.02 Å². The predicted molar refractivity (Wildman–Crippen MR) is 91.0 cm³/mol. The van der Waals surface area contributed by atoms with Gasteiger partial charge in [0.2, 0.25) is 5.91 Å². The van der Waals surface area contributed by atoms with Gasteiger partial charge in [0, 0.05) is 22.3 Å². The third kappa shape index (κ3) is 4.47. The van der Waals surface area contributed by atoms with Gasteiger partial charge < -0.3 is 15.7 Å². The molecule has 0 aliphatic rings. The number of aromatic hydroxyl groups is 1. The third-order valence-electron chi connectivity index (χ3n) is 3.14. The van der Waals surface area contributed by atoms with Gasteiger partial charge in [0.25, 0.3) is 5.91 Å². The van der Waals surface area contributed by atoms with E-state index in [-0.39, 0.29) is 23.1 Å². The van der Waals surface area contributed by atoms with Crippen molar-refractivity contribution in [3.05, 3.63) is 53.1 Å². The average Bonchev–Trinajstić information content (AvgIpc) is 2.51. The molecule has 23 heavy (non-hydrogen) atoms. The van der Waals surface area contributed by atoms with Crippen molar-refractivity contribution in [1.82, 2.24) is 0 Å². The highest BCUT2D eigenvalue weighted by molar-refractivity contribution is 6.31. The molecule has 0 atom stereocenters. The zero-order chi connectivity index (χ0) is 17.0. The highest BCUT2D eigenvalue weighted by Crippen LogP contribution is 2.23. The van der Waals surface area contributed by atoms with E-state index in [2.05, 4.69) is 10.6 Å². The van der Waals surface area contributed by atoms with Crippen LogP contribution in [0.4, 0.5) is 11.4 Å². The molecule has 2 amide bonds. The predicted octanol–water partition coefficient (Wildman–Crippen LogP) is 3.89. The summed E-state index contributed by atoms with van der Waals surface area (Å²) in [5.41, 5.74) is 1.28. The van der Waals surface area contributed by atoms with Crippen LogP contribution in [0.5, 0.6) is 5.75 Å². The van der Waals surface area contributed by atoms with Gasteiger partial charge in [-0.25, -0.2) is 0 Å². The van der Waals surface area contributed by atoms with E-state index < -0.39 is 5.91 Å². The lowest BCUT2D eigenvalue weighted by Crippen LogP contribution is -2.17. The van der Waals surface area contributed by atoms with Crippen molar-refractivity contribution in [3.8, 4) is 5.75 Å². The fourth-order valence-corrected chi connectivity index (χ4v) is 1.98. The molecular formula is C17H17ClN2O3. The molecule has 0 aromatic heterocycles. The highest BCUT2D eigenvalue weighted by atomic mass is 35.5. The molecule has 0 radical (unpaired) electrons. The number of halogens is 1. The topological polar surface area (TPSA) is 78.4 Å². The van der Waals surface area contributed by atoms with Crippen molar-refractivity contribution in [2.24, 2.45) is 5.92 Å². The largest absolute Gasteiger partial charge is 0.507 e. The van der Waals surface area contributed by atoms with Crippen molar-refractivity contribution in [2.45, 2.75) is 13.8 Å². The van der Waals surface area contributed by atoms with Gasteiger partial charge in [0.15, 0.2) is 0 Å². The number of carbonyl (C=O) groups excluding carboxylic acids is 2. The summed E-state index contributed by atoms with van der Waals surface area (Å²) in [6.07, 6.45) is 0. The van der Waals surface area contributed by atoms with Gasteiger partial charge >= 0.3 is 0 Å². The summed E-state index contributed by atoms with van der Waals surface area (Å²) in [6, 6.07) is 11.0. The van der Waals surface area contributed by atoms with E-state index in [1.165, 1.54) is 18.2 Å². The van der Waals surface area contributed by atoms with Crippen LogP contribution in [0.25, 0.3) is 0 Å². The molecule has 0 spiro atoms. The van der Waals surface area contributed by atoms with Crippen LogP contribution in [-0.4, -0.2) is 16.9 Å². The minimum absolute atomic E-state index is 0.0781. The molecule has 6 heteroatoms. The molecule has 0 unspecified atom stereocenters. The lowest BCUT2D eigenvalue weighted by Gasteiger charge is -2.10. The second-order valence-electron chi connectivity index (χ2n) is 5.34. The summed E-state index contributed by atoms with van der Waals surface area (Å²) in [4.78, 5) is 23.7. The molecule has 0 fully saturated rings. The molecule has 5 nitrogen and oxygen atoms in total. The molecule has 0 saturated carbocycles. The van der Waals surface area contributed by atoms with Crippen LogP contribution < -0.4 is 10.6 Å². The Morgan fingerprint density at radius 1 is 1.00 bits per heavy atom. The van der Waals surface area contributed by atoms with Gasteiger partial charge in [-0.05, 0) is 42.5 Å². The van der Waals surface area contributed by atoms with E-state index in [0.717, 1.165) is 0 Å². The minimum atomic E-state index is -0.469. The van der Waals surface area contributed by atoms with Crippen molar-refractivity contribution in [1.29, 1.82) is 0 Å². The van der Waals surface area contributed by atoms with Crippen molar-refractivity contribution in [3.63, 3.8) is 0 Å². The molecule has 120 valence electrons. The smallest absolute Gasteiger partial charge is 0.259 e. The van der Waals surface area contributed by atoms with E-state index in [1.54, 1.807) is 38.1 Å². The number of nitrogens with one attached hydrogen (secondary N) is 2. The van der Waals surface area contributed by atoms with Crippen molar-refractivity contribution >= 4 is 34.8 Å². The number of hydrogen-bond acceptors (Lipinski definition) is 3. The van der Waals surface area contributed by atoms with E-state index in [0.29, 0.717) is 16.4 Å². The van der Waals surface area contributed by atoms with Crippen molar-refractivity contribution < 1.29 is 14.7 Å². The van der Waals surface area contributed by atoms with Gasteiger partial charge in [-0.2, -0.15) is 0 Å². The van der Waals surface area contributed by atoms with E-state index in [9.17, 15) is 14.7 Å². The molecular weight excluding hydrogens is 316 g/mol. The Morgan fingerprint density at radius 3 is 2.13 bits per heavy atom. The quantitative estimate of drug-likeness (QED) is 0.794. The van der Waals surface area contributed by atoms with Gasteiger partial charge in [-0.1, -0.05) is 25.4 Å².